The van der Waals surface area contributed by atoms with Crippen molar-refractivity contribution in [1.29, 1.82) is 0 Å². The fourth-order valence-corrected chi connectivity index (χ4v) is 2.89. The summed E-state index contributed by atoms with van der Waals surface area (Å²) in [6.07, 6.45) is -3.44. The van der Waals surface area contributed by atoms with Crippen LogP contribution in [0.4, 0.5) is 27.6 Å². The van der Waals surface area contributed by atoms with Crippen molar-refractivity contribution >= 4 is 17.4 Å². The molecule has 32 heavy (non-hydrogen) atoms. The van der Waals surface area contributed by atoms with Gasteiger partial charge in [-0.25, -0.2) is 13.6 Å². The van der Waals surface area contributed by atoms with Crippen LogP contribution in [-0.2, 0) is 11.2 Å². The summed E-state index contributed by atoms with van der Waals surface area (Å²) in [4.78, 5) is 11.2. The zero-order valence-corrected chi connectivity index (χ0v) is 16.3. The molecular formula is C23H16F5NO3. The van der Waals surface area contributed by atoms with Crippen LogP contribution in [0, 0.1) is 11.6 Å². The average Bonchev–Trinajstić information content (AvgIpc) is 2.71. The zero-order chi connectivity index (χ0) is 23.3. The topological polar surface area (TPSA) is 58.6 Å². The number of anilines is 1. The van der Waals surface area contributed by atoms with E-state index in [4.69, 9.17) is 5.11 Å². The first kappa shape index (κ1) is 22.8. The molecule has 0 radical (unpaired) electrons. The van der Waals surface area contributed by atoms with E-state index in [2.05, 4.69) is 10.1 Å². The number of carboxylic acid groups (broad SMARTS) is 1. The molecule has 0 spiro atoms. The minimum absolute atomic E-state index is 0.156. The fraction of sp³-hybridized carbons (Fsp3) is 0.0870. The van der Waals surface area contributed by atoms with Crippen LogP contribution in [0.2, 0.25) is 0 Å². The van der Waals surface area contributed by atoms with Crippen LogP contribution in [0.3, 0.4) is 0 Å². The third-order valence-electron chi connectivity index (χ3n) is 4.30. The largest absolute Gasteiger partial charge is 0.573 e. The van der Waals surface area contributed by atoms with E-state index < -0.39 is 24.0 Å². The van der Waals surface area contributed by atoms with Crippen molar-refractivity contribution in [3.05, 3.63) is 101 Å². The highest BCUT2D eigenvalue weighted by molar-refractivity contribution is 5.93. The van der Waals surface area contributed by atoms with Crippen LogP contribution in [0.5, 0.6) is 5.75 Å². The molecule has 0 fully saturated rings. The summed E-state index contributed by atoms with van der Waals surface area (Å²) >= 11 is 0. The van der Waals surface area contributed by atoms with Crippen LogP contribution in [0.15, 0.2) is 72.8 Å². The first-order chi connectivity index (χ1) is 15.1. The Balaban J connectivity index is 1.74. The zero-order valence-electron chi connectivity index (χ0n) is 16.3. The highest BCUT2D eigenvalue weighted by atomic mass is 19.4. The minimum Gasteiger partial charge on any atom is -0.478 e. The number of nitrogens with one attached hydrogen (secondary N) is 1. The van der Waals surface area contributed by atoms with Gasteiger partial charge in [0.2, 0.25) is 0 Å². The van der Waals surface area contributed by atoms with Gasteiger partial charge in [-0.1, -0.05) is 36.4 Å². The molecular weight excluding hydrogens is 433 g/mol. The molecule has 0 bridgehead atoms. The Bertz CT molecular complexity index is 1120. The number of carboxylic acids is 1. The Hall–Kier alpha value is -3.88. The molecule has 3 rings (SSSR count). The van der Waals surface area contributed by atoms with E-state index in [1.807, 2.05) is 0 Å². The predicted octanol–water partition coefficient (Wildman–Crippen LogP) is 5.99. The Morgan fingerprint density at radius 2 is 1.50 bits per heavy atom. The SMILES string of the molecule is O=C(O)C=C(Nc1ccc(F)c(F)c1)c1ccc(Cc2ccc(OC(F)(F)F)cc2)cc1. The van der Waals surface area contributed by atoms with Crippen LogP contribution >= 0.6 is 0 Å². The predicted molar refractivity (Wildman–Crippen MR) is 108 cm³/mol. The van der Waals surface area contributed by atoms with Gasteiger partial charge in [-0.05, 0) is 47.4 Å². The molecule has 3 aromatic rings. The summed E-state index contributed by atoms with van der Waals surface area (Å²) in [5, 5.41) is 11.9. The molecule has 2 N–H and O–H groups in total. The molecule has 4 nitrogen and oxygen atoms in total. The molecule has 0 unspecified atom stereocenters. The van der Waals surface area contributed by atoms with Crippen molar-refractivity contribution < 1.29 is 36.6 Å². The first-order valence-corrected chi connectivity index (χ1v) is 9.20. The number of alkyl halides is 3. The van der Waals surface area contributed by atoms with Gasteiger partial charge in [0, 0.05) is 17.8 Å². The Kier molecular flexibility index (Phi) is 6.77. The lowest BCUT2D eigenvalue weighted by molar-refractivity contribution is -0.274. The summed E-state index contributed by atoms with van der Waals surface area (Å²) in [6, 6.07) is 15.3. The number of carbonyl (C=O) groups is 1. The van der Waals surface area contributed by atoms with E-state index in [0.717, 1.165) is 29.3 Å². The highest BCUT2D eigenvalue weighted by Crippen LogP contribution is 2.24. The molecule has 0 amide bonds. The summed E-state index contributed by atoms with van der Waals surface area (Å²) in [5.41, 5.74) is 2.37. The van der Waals surface area contributed by atoms with Crippen molar-refractivity contribution in [3.63, 3.8) is 0 Å². The van der Waals surface area contributed by atoms with Crippen molar-refractivity contribution in [3.8, 4) is 5.75 Å². The smallest absolute Gasteiger partial charge is 0.478 e. The Morgan fingerprint density at radius 1 is 0.906 bits per heavy atom. The lowest BCUT2D eigenvalue weighted by atomic mass is 10.0. The van der Waals surface area contributed by atoms with E-state index in [1.54, 1.807) is 24.3 Å². The second-order valence-electron chi connectivity index (χ2n) is 6.72. The van der Waals surface area contributed by atoms with E-state index in [0.29, 0.717) is 12.0 Å². The molecule has 0 saturated carbocycles. The molecule has 0 aromatic heterocycles. The number of hydrogen-bond acceptors (Lipinski definition) is 3. The first-order valence-electron chi connectivity index (χ1n) is 9.20. The van der Waals surface area contributed by atoms with Gasteiger partial charge in [0.05, 0.1) is 5.70 Å². The molecule has 0 heterocycles. The van der Waals surface area contributed by atoms with Crippen molar-refractivity contribution in [2.45, 2.75) is 12.8 Å². The van der Waals surface area contributed by atoms with Crippen LogP contribution in [0.25, 0.3) is 5.70 Å². The number of halogens is 5. The van der Waals surface area contributed by atoms with Crippen LogP contribution < -0.4 is 10.1 Å². The fourth-order valence-electron chi connectivity index (χ4n) is 2.89. The third-order valence-corrected chi connectivity index (χ3v) is 4.30. The number of benzene rings is 3. The molecule has 0 atom stereocenters. The van der Waals surface area contributed by atoms with Crippen molar-refractivity contribution in [1.82, 2.24) is 0 Å². The second kappa shape index (κ2) is 9.51. The maximum atomic E-state index is 13.4. The average molecular weight is 449 g/mol. The van der Waals surface area contributed by atoms with Crippen LogP contribution in [0.1, 0.15) is 16.7 Å². The Morgan fingerprint density at radius 3 is 2.03 bits per heavy atom. The molecule has 166 valence electrons. The number of aliphatic carboxylic acids is 1. The van der Waals surface area contributed by atoms with E-state index in [-0.39, 0.29) is 17.1 Å². The molecule has 3 aromatic carbocycles. The van der Waals surface area contributed by atoms with Gasteiger partial charge in [-0.15, -0.1) is 13.2 Å². The van der Waals surface area contributed by atoms with E-state index >= 15 is 0 Å². The number of ether oxygens (including phenoxy) is 1. The van der Waals surface area contributed by atoms with Crippen molar-refractivity contribution in [2.24, 2.45) is 0 Å². The maximum Gasteiger partial charge on any atom is 0.573 e. The molecule has 9 heteroatoms. The minimum atomic E-state index is -4.76. The monoisotopic (exact) mass is 449 g/mol. The lowest BCUT2D eigenvalue weighted by Gasteiger charge is -2.12. The summed E-state index contributed by atoms with van der Waals surface area (Å²) in [7, 11) is 0. The quantitative estimate of drug-likeness (QED) is 0.344. The molecule has 0 saturated heterocycles. The summed E-state index contributed by atoms with van der Waals surface area (Å²) in [6.45, 7) is 0. The summed E-state index contributed by atoms with van der Waals surface area (Å²) in [5.74, 6) is -3.66. The number of rotatable bonds is 7. The van der Waals surface area contributed by atoms with Crippen molar-refractivity contribution in [2.75, 3.05) is 5.32 Å². The maximum absolute atomic E-state index is 13.4. The Labute approximate surface area is 179 Å². The highest BCUT2D eigenvalue weighted by Gasteiger charge is 2.30. The van der Waals surface area contributed by atoms with Gasteiger partial charge in [-0.2, -0.15) is 0 Å². The van der Waals surface area contributed by atoms with Gasteiger partial charge >= 0.3 is 12.3 Å². The van der Waals surface area contributed by atoms with Gasteiger partial charge in [-0.3, -0.25) is 0 Å². The van der Waals surface area contributed by atoms with E-state index in [9.17, 15) is 26.7 Å². The number of hydrogen-bond donors (Lipinski definition) is 2. The molecule has 0 aliphatic carbocycles. The normalized spacial score (nSPS) is 11.8. The summed E-state index contributed by atoms with van der Waals surface area (Å²) < 4.78 is 67.1. The molecule has 0 aliphatic heterocycles. The third kappa shape index (κ3) is 6.56. The van der Waals surface area contributed by atoms with Gasteiger partial charge in [0.15, 0.2) is 11.6 Å². The van der Waals surface area contributed by atoms with E-state index in [1.165, 1.54) is 30.3 Å². The van der Waals surface area contributed by atoms with Gasteiger partial charge in [0.25, 0.3) is 0 Å². The standard InChI is InChI=1S/C23H16F5NO3/c24-19-10-7-17(12-20(19)25)29-21(13-22(30)31)16-5-1-14(2-6-16)11-15-3-8-18(9-4-15)32-23(26,27)28/h1-10,12-13,29H,11H2,(H,30,31). The second-order valence-corrected chi connectivity index (χ2v) is 6.72. The lowest BCUT2D eigenvalue weighted by Crippen LogP contribution is -2.17. The molecule has 0 aliphatic rings. The van der Waals surface area contributed by atoms with Crippen LogP contribution in [-0.4, -0.2) is 17.4 Å². The van der Waals surface area contributed by atoms with Gasteiger partial charge < -0.3 is 15.2 Å². The van der Waals surface area contributed by atoms with Gasteiger partial charge in [0.1, 0.15) is 5.75 Å².